The first kappa shape index (κ1) is 12.9. The zero-order valence-corrected chi connectivity index (χ0v) is 10.9. The van der Waals surface area contributed by atoms with E-state index < -0.39 is 0 Å². The molecule has 0 aliphatic carbocycles. The Kier molecular flexibility index (Phi) is 3.54. The summed E-state index contributed by atoms with van der Waals surface area (Å²) in [6.07, 6.45) is 0. The van der Waals surface area contributed by atoms with Crippen LogP contribution in [0.1, 0.15) is 6.92 Å². The molecule has 0 amide bonds. The molecule has 0 aliphatic heterocycles. The van der Waals surface area contributed by atoms with Crippen LogP contribution in [0.2, 0.25) is 5.28 Å². The Bertz CT molecular complexity index is 639. The van der Waals surface area contributed by atoms with Crippen molar-refractivity contribution in [1.29, 1.82) is 0 Å². The fourth-order valence-corrected chi connectivity index (χ4v) is 1.94. The van der Waals surface area contributed by atoms with Crippen LogP contribution in [0.15, 0.2) is 23.0 Å². The molecular weight excluding hydrogens is 254 g/mol. The lowest BCUT2D eigenvalue weighted by molar-refractivity contribution is 0.475. The van der Waals surface area contributed by atoms with Crippen LogP contribution in [-0.4, -0.2) is 27.7 Å². The summed E-state index contributed by atoms with van der Waals surface area (Å²) < 4.78 is 1.42. The highest BCUT2D eigenvalue weighted by atomic mass is 35.5. The summed E-state index contributed by atoms with van der Waals surface area (Å²) in [6, 6.07) is 4.55. The van der Waals surface area contributed by atoms with Gasteiger partial charge in [0.05, 0.1) is 10.9 Å². The van der Waals surface area contributed by atoms with E-state index in [9.17, 15) is 9.90 Å². The molecule has 6 heteroatoms. The molecule has 0 saturated heterocycles. The number of hydrogen-bond acceptors (Lipinski definition) is 4. The van der Waals surface area contributed by atoms with Gasteiger partial charge >= 0.3 is 0 Å². The standard InChI is InChI=1S/C12H14ClN3O2/c1-7(14-2)6-16-11(18)9-4-3-8(17)5-10(9)15-12(16)13/h3-5,7,14,17H,6H2,1-2H3. The number of aromatic nitrogens is 2. The number of halogens is 1. The molecule has 0 radical (unpaired) electrons. The molecule has 0 spiro atoms. The van der Waals surface area contributed by atoms with Crippen molar-refractivity contribution in [3.8, 4) is 5.75 Å². The maximum Gasteiger partial charge on any atom is 0.262 e. The monoisotopic (exact) mass is 267 g/mol. The average molecular weight is 268 g/mol. The van der Waals surface area contributed by atoms with E-state index in [1.807, 2.05) is 14.0 Å². The molecule has 0 fully saturated rings. The van der Waals surface area contributed by atoms with Gasteiger partial charge in [-0.05, 0) is 37.7 Å². The van der Waals surface area contributed by atoms with Gasteiger partial charge < -0.3 is 10.4 Å². The third kappa shape index (κ3) is 2.32. The second-order valence-corrected chi connectivity index (χ2v) is 4.53. The van der Waals surface area contributed by atoms with E-state index in [1.165, 1.54) is 16.7 Å². The van der Waals surface area contributed by atoms with E-state index in [0.29, 0.717) is 17.4 Å². The van der Waals surface area contributed by atoms with E-state index in [-0.39, 0.29) is 22.6 Å². The number of fused-ring (bicyclic) bond motifs is 1. The minimum Gasteiger partial charge on any atom is -0.508 e. The number of hydrogen-bond donors (Lipinski definition) is 2. The van der Waals surface area contributed by atoms with Crippen LogP contribution >= 0.6 is 11.6 Å². The molecule has 1 unspecified atom stereocenters. The van der Waals surface area contributed by atoms with E-state index >= 15 is 0 Å². The Morgan fingerprint density at radius 3 is 2.94 bits per heavy atom. The first-order chi connectivity index (χ1) is 8.52. The van der Waals surface area contributed by atoms with Gasteiger partial charge in [-0.2, -0.15) is 0 Å². The molecule has 2 aromatic rings. The minimum atomic E-state index is -0.202. The van der Waals surface area contributed by atoms with E-state index in [2.05, 4.69) is 10.3 Å². The van der Waals surface area contributed by atoms with E-state index in [0.717, 1.165) is 0 Å². The molecule has 5 nitrogen and oxygen atoms in total. The van der Waals surface area contributed by atoms with Gasteiger partial charge in [0, 0.05) is 18.7 Å². The molecule has 1 atom stereocenters. The van der Waals surface area contributed by atoms with Crippen molar-refractivity contribution in [2.45, 2.75) is 19.5 Å². The Balaban J connectivity index is 2.62. The van der Waals surface area contributed by atoms with Gasteiger partial charge in [0.1, 0.15) is 5.75 Å². The smallest absolute Gasteiger partial charge is 0.262 e. The van der Waals surface area contributed by atoms with Crippen molar-refractivity contribution in [2.75, 3.05) is 7.05 Å². The van der Waals surface area contributed by atoms with Crippen LogP contribution in [0.4, 0.5) is 0 Å². The zero-order valence-electron chi connectivity index (χ0n) is 10.1. The largest absolute Gasteiger partial charge is 0.508 e. The molecule has 96 valence electrons. The summed E-state index contributed by atoms with van der Waals surface area (Å²) in [6.45, 7) is 2.39. The third-order valence-corrected chi connectivity index (χ3v) is 3.13. The molecule has 2 N–H and O–H groups in total. The number of phenols is 1. The molecule has 1 heterocycles. The highest BCUT2D eigenvalue weighted by Crippen LogP contribution is 2.17. The van der Waals surface area contributed by atoms with Crippen molar-refractivity contribution >= 4 is 22.5 Å². The predicted octanol–water partition coefficient (Wildman–Crippen LogP) is 1.36. The predicted molar refractivity (Wildman–Crippen MR) is 71.2 cm³/mol. The quantitative estimate of drug-likeness (QED) is 0.824. The van der Waals surface area contributed by atoms with Crippen LogP contribution < -0.4 is 10.9 Å². The topological polar surface area (TPSA) is 67.2 Å². The number of likely N-dealkylation sites (N-methyl/N-ethyl adjacent to an activating group) is 1. The zero-order chi connectivity index (χ0) is 13.3. The number of nitrogens with one attached hydrogen (secondary N) is 1. The van der Waals surface area contributed by atoms with E-state index in [4.69, 9.17) is 11.6 Å². The molecule has 2 rings (SSSR count). The Hall–Kier alpha value is -1.59. The second kappa shape index (κ2) is 4.96. The number of phenolic OH excluding ortho intramolecular Hbond substituents is 1. The SMILES string of the molecule is CNC(C)Cn1c(Cl)nc2cc(O)ccc2c1=O. The van der Waals surface area contributed by atoms with Crippen LogP contribution in [0.3, 0.4) is 0 Å². The van der Waals surface area contributed by atoms with Crippen LogP contribution in [0.25, 0.3) is 10.9 Å². The number of nitrogens with zero attached hydrogens (tertiary/aromatic N) is 2. The molecular formula is C12H14ClN3O2. The van der Waals surface area contributed by atoms with Crippen LogP contribution in [-0.2, 0) is 6.54 Å². The van der Waals surface area contributed by atoms with Gasteiger partial charge in [0.15, 0.2) is 0 Å². The molecule has 0 aliphatic rings. The number of rotatable bonds is 3. The van der Waals surface area contributed by atoms with Crippen LogP contribution in [0.5, 0.6) is 5.75 Å². The molecule has 0 saturated carbocycles. The molecule has 18 heavy (non-hydrogen) atoms. The van der Waals surface area contributed by atoms with Crippen molar-refractivity contribution in [3.05, 3.63) is 33.8 Å². The summed E-state index contributed by atoms with van der Waals surface area (Å²) in [5.74, 6) is 0.0619. The van der Waals surface area contributed by atoms with Gasteiger partial charge in [-0.1, -0.05) is 0 Å². The summed E-state index contributed by atoms with van der Waals surface area (Å²) in [5.41, 5.74) is 0.200. The van der Waals surface area contributed by atoms with Crippen molar-refractivity contribution < 1.29 is 5.11 Å². The highest BCUT2D eigenvalue weighted by Gasteiger charge is 2.11. The van der Waals surface area contributed by atoms with Gasteiger partial charge in [0.25, 0.3) is 5.56 Å². The van der Waals surface area contributed by atoms with Gasteiger partial charge in [0.2, 0.25) is 5.28 Å². The molecule has 1 aromatic carbocycles. The van der Waals surface area contributed by atoms with Crippen molar-refractivity contribution in [2.24, 2.45) is 0 Å². The van der Waals surface area contributed by atoms with Crippen LogP contribution in [0, 0.1) is 0 Å². The summed E-state index contributed by atoms with van der Waals surface area (Å²) in [5, 5.41) is 13.0. The first-order valence-corrected chi connectivity index (χ1v) is 5.97. The Morgan fingerprint density at radius 1 is 1.56 bits per heavy atom. The summed E-state index contributed by atoms with van der Waals surface area (Å²) in [7, 11) is 1.82. The summed E-state index contributed by atoms with van der Waals surface area (Å²) >= 11 is 6.00. The lowest BCUT2D eigenvalue weighted by Crippen LogP contribution is -2.33. The third-order valence-electron chi connectivity index (χ3n) is 2.84. The maximum atomic E-state index is 12.2. The lowest BCUT2D eigenvalue weighted by Gasteiger charge is -2.14. The molecule has 0 bridgehead atoms. The van der Waals surface area contributed by atoms with Crippen molar-refractivity contribution in [3.63, 3.8) is 0 Å². The normalized spacial score (nSPS) is 12.8. The Morgan fingerprint density at radius 2 is 2.28 bits per heavy atom. The van der Waals surface area contributed by atoms with Gasteiger partial charge in [-0.25, -0.2) is 4.98 Å². The molecule has 1 aromatic heterocycles. The average Bonchev–Trinajstić information content (AvgIpc) is 2.33. The maximum absolute atomic E-state index is 12.2. The van der Waals surface area contributed by atoms with Crippen molar-refractivity contribution in [1.82, 2.24) is 14.9 Å². The fraction of sp³-hybridized carbons (Fsp3) is 0.333. The highest BCUT2D eigenvalue weighted by molar-refractivity contribution is 6.28. The lowest BCUT2D eigenvalue weighted by atomic mass is 10.2. The van der Waals surface area contributed by atoms with Gasteiger partial charge in [-0.3, -0.25) is 9.36 Å². The van der Waals surface area contributed by atoms with E-state index in [1.54, 1.807) is 6.07 Å². The second-order valence-electron chi connectivity index (χ2n) is 4.19. The number of aromatic hydroxyl groups is 1. The van der Waals surface area contributed by atoms with Gasteiger partial charge in [-0.15, -0.1) is 0 Å². The Labute approximate surface area is 109 Å². The summed E-state index contributed by atoms with van der Waals surface area (Å²) in [4.78, 5) is 16.4. The minimum absolute atomic E-state index is 0.0619. The fourth-order valence-electron chi connectivity index (χ4n) is 1.71. The number of benzene rings is 1. The first-order valence-electron chi connectivity index (χ1n) is 5.59.